The molecule has 8 heteroatoms. The zero-order chi connectivity index (χ0) is 20.3. The third kappa shape index (κ3) is 4.01. The van der Waals surface area contributed by atoms with Gasteiger partial charge in [0, 0.05) is 5.56 Å². The van der Waals surface area contributed by atoms with Crippen molar-refractivity contribution in [3.05, 3.63) is 48.2 Å². The number of aromatic hydroxyl groups is 1. The number of phenolic OH excluding ortho intramolecular Hbond substituents is 1. The van der Waals surface area contributed by atoms with Gasteiger partial charge in [-0.3, -0.25) is 14.6 Å². The molecule has 28 heavy (non-hydrogen) atoms. The Bertz CT molecular complexity index is 1050. The molecule has 144 valence electrons. The number of carboxylic acids is 1. The summed E-state index contributed by atoms with van der Waals surface area (Å²) in [6, 6.07) is 10.3. The van der Waals surface area contributed by atoms with Gasteiger partial charge in [0.2, 0.25) is 0 Å². The molecule has 0 radical (unpaired) electrons. The van der Waals surface area contributed by atoms with Crippen LogP contribution in [0.2, 0.25) is 0 Å². The SMILES string of the molecule is CC(C)Oc1ccccc1-c1cnc2c(C(=O)NCC(=O)O)c(O)ccc2n1. The maximum atomic E-state index is 12.3. The van der Waals surface area contributed by atoms with Crippen LogP contribution < -0.4 is 10.1 Å². The normalized spacial score (nSPS) is 10.8. The lowest BCUT2D eigenvalue weighted by Crippen LogP contribution is -2.29. The van der Waals surface area contributed by atoms with E-state index in [0.717, 1.165) is 5.56 Å². The fourth-order valence-corrected chi connectivity index (χ4v) is 2.71. The van der Waals surface area contributed by atoms with Gasteiger partial charge in [-0.2, -0.15) is 0 Å². The molecule has 0 saturated carbocycles. The number of hydrogen-bond donors (Lipinski definition) is 3. The van der Waals surface area contributed by atoms with E-state index in [9.17, 15) is 14.7 Å². The summed E-state index contributed by atoms with van der Waals surface area (Å²) in [4.78, 5) is 31.8. The Labute approximate surface area is 160 Å². The van der Waals surface area contributed by atoms with E-state index in [1.165, 1.54) is 12.3 Å². The van der Waals surface area contributed by atoms with Crippen LogP contribution in [0, 0.1) is 0 Å². The molecule has 0 aliphatic heterocycles. The van der Waals surface area contributed by atoms with Gasteiger partial charge in [-0.15, -0.1) is 0 Å². The highest BCUT2D eigenvalue weighted by atomic mass is 16.5. The Morgan fingerprint density at radius 1 is 1.18 bits per heavy atom. The number of fused-ring (bicyclic) bond motifs is 1. The number of carboxylic acid groups (broad SMARTS) is 1. The van der Waals surface area contributed by atoms with Crippen LogP contribution in [0.1, 0.15) is 24.2 Å². The summed E-state index contributed by atoms with van der Waals surface area (Å²) in [7, 11) is 0. The summed E-state index contributed by atoms with van der Waals surface area (Å²) in [5.41, 5.74) is 1.73. The molecular weight excluding hydrogens is 362 g/mol. The van der Waals surface area contributed by atoms with Crippen molar-refractivity contribution < 1.29 is 24.5 Å². The Morgan fingerprint density at radius 3 is 2.64 bits per heavy atom. The highest BCUT2D eigenvalue weighted by Gasteiger charge is 2.19. The van der Waals surface area contributed by atoms with Crippen LogP contribution in [-0.4, -0.2) is 44.7 Å². The van der Waals surface area contributed by atoms with Gasteiger partial charge < -0.3 is 20.3 Å². The molecule has 0 atom stereocenters. The number of carbonyl (C=O) groups excluding carboxylic acids is 1. The highest BCUT2D eigenvalue weighted by Crippen LogP contribution is 2.31. The van der Waals surface area contributed by atoms with Crippen LogP contribution in [-0.2, 0) is 4.79 Å². The maximum Gasteiger partial charge on any atom is 0.322 e. The summed E-state index contributed by atoms with van der Waals surface area (Å²) < 4.78 is 5.82. The van der Waals surface area contributed by atoms with Gasteiger partial charge >= 0.3 is 5.97 Å². The van der Waals surface area contributed by atoms with E-state index in [0.29, 0.717) is 17.0 Å². The minimum atomic E-state index is -1.19. The number of aromatic nitrogens is 2. The average molecular weight is 381 g/mol. The molecule has 0 saturated heterocycles. The number of carbonyl (C=O) groups is 2. The van der Waals surface area contributed by atoms with Crippen molar-refractivity contribution in [3.8, 4) is 22.8 Å². The molecule has 3 N–H and O–H groups in total. The van der Waals surface area contributed by atoms with Crippen molar-refractivity contribution >= 4 is 22.9 Å². The van der Waals surface area contributed by atoms with Gasteiger partial charge in [0.05, 0.1) is 23.5 Å². The summed E-state index contributed by atoms with van der Waals surface area (Å²) >= 11 is 0. The third-order valence-electron chi connectivity index (χ3n) is 3.84. The fourth-order valence-electron chi connectivity index (χ4n) is 2.71. The van der Waals surface area contributed by atoms with Crippen LogP contribution in [0.5, 0.6) is 11.5 Å². The monoisotopic (exact) mass is 381 g/mol. The molecular formula is C20H19N3O5. The number of amides is 1. The first kappa shape index (κ1) is 19.1. The molecule has 1 amide bonds. The number of aliphatic carboxylic acids is 1. The molecule has 0 bridgehead atoms. The predicted octanol–water partition coefficient (Wildman–Crippen LogP) is 2.60. The second-order valence-corrected chi connectivity index (χ2v) is 6.32. The number of rotatable bonds is 6. The molecule has 0 aliphatic carbocycles. The van der Waals surface area contributed by atoms with E-state index >= 15 is 0 Å². The topological polar surface area (TPSA) is 122 Å². The minimum absolute atomic E-state index is 0.0175. The van der Waals surface area contributed by atoms with E-state index in [-0.39, 0.29) is 22.9 Å². The van der Waals surface area contributed by atoms with Crippen molar-refractivity contribution in [1.29, 1.82) is 0 Å². The smallest absolute Gasteiger partial charge is 0.322 e. The number of phenols is 1. The standard InChI is InChI=1S/C20H19N3O5/c1-11(2)28-16-6-4-3-5-12(16)14-9-21-19-13(23-14)7-8-15(24)18(19)20(27)22-10-17(25)26/h3-9,11,24H,10H2,1-2H3,(H,22,27)(H,25,26). The first-order valence-corrected chi connectivity index (χ1v) is 8.61. The Balaban J connectivity index is 2.06. The Hall–Kier alpha value is -3.68. The number of benzene rings is 2. The lowest BCUT2D eigenvalue weighted by Gasteiger charge is -2.14. The molecule has 1 aromatic heterocycles. The zero-order valence-corrected chi connectivity index (χ0v) is 15.3. The van der Waals surface area contributed by atoms with E-state index in [4.69, 9.17) is 9.84 Å². The molecule has 3 aromatic rings. The van der Waals surface area contributed by atoms with Crippen LogP contribution in [0.4, 0.5) is 0 Å². The van der Waals surface area contributed by atoms with Gasteiger partial charge in [0.1, 0.15) is 29.1 Å². The third-order valence-corrected chi connectivity index (χ3v) is 3.84. The predicted molar refractivity (Wildman–Crippen MR) is 102 cm³/mol. The van der Waals surface area contributed by atoms with Gasteiger partial charge in [0.15, 0.2) is 0 Å². The van der Waals surface area contributed by atoms with Crippen molar-refractivity contribution in [2.75, 3.05) is 6.54 Å². The molecule has 0 fully saturated rings. The number of para-hydroxylation sites is 1. The van der Waals surface area contributed by atoms with Crippen LogP contribution >= 0.6 is 0 Å². The van der Waals surface area contributed by atoms with Crippen molar-refractivity contribution in [1.82, 2.24) is 15.3 Å². The van der Waals surface area contributed by atoms with Crippen LogP contribution in [0.3, 0.4) is 0 Å². The average Bonchev–Trinajstić information content (AvgIpc) is 2.65. The van der Waals surface area contributed by atoms with Crippen LogP contribution in [0.25, 0.3) is 22.3 Å². The summed E-state index contributed by atoms with van der Waals surface area (Å²) in [6.07, 6.45) is 1.47. The second kappa shape index (κ2) is 7.91. The van der Waals surface area contributed by atoms with Crippen molar-refractivity contribution in [2.45, 2.75) is 20.0 Å². The van der Waals surface area contributed by atoms with E-state index in [1.54, 1.807) is 6.07 Å². The van der Waals surface area contributed by atoms with Gasteiger partial charge in [0.25, 0.3) is 5.91 Å². The number of nitrogens with zero attached hydrogens (tertiary/aromatic N) is 2. The van der Waals surface area contributed by atoms with Gasteiger partial charge in [-0.25, -0.2) is 4.98 Å². The summed E-state index contributed by atoms with van der Waals surface area (Å²) in [6.45, 7) is 3.28. The zero-order valence-electron chi connectivity index (χ0n) is 15.3. The molecule has 3 rings (SSSR count). The van der Waals surface area contributed by atoms with E-state index < -0.39 is 18.4 Å². The molecule has 1 heterocycles. The number of hydrogen-bond acceptors (Lipinski definition) is 6. The lowest BCUT2D eigenvalue weighted by atomic mass is 10.1. The van der Waals surface area contributed by atoms with Crippen molar-refractivity contribution in [2.24, 2.45) is 0 Å². The van der Waals surface area contributed by atoms with E-state index in [1.807, 2.05) is 38.1 Å². The largest absolute Gasteiger partial charge is 0.507 e. The molecule has 8 nitrogen and oxygen atoms in total. The molecule has 0 unspecified atom stereocenters. The fraction of sp³-hybridized carbons (Fsp3) is 0.200. The lowest BCUT2D eigenvalue weighted by molar-refractivity contribution is -0.135. The maximum absolute atomic E-state index is 12.3. The van der Waals surface area contributed by atoms with Crippen molar-refractivity contribution in [3.63, 3.8) is 0 Å². The number of nitrogens with one attached hydrogen (secondary N) is 1. The quantitative estimate of drug-likeness (QED) is 0.600. The minimum Gasteiger partial charge on any atom is -0.507 e. The van der Waals surface area contributed by atoms with Crippen LogP contribution in [0.15, 0.2) is 42.6 Å². The highest BCUT2D eigenvalue weighted by molar-refractivity contribution is 6.08. The van der Waals surface area contributed by atoms with E-state index in [2.05, 4.69) is 15.3 Å². The second-order valence-electron chi connectivity index (χ2n) is 6.32. The Morgan fingerprint density at radius 2 is 1.93 bits per heavy atom. The first-order valence-electron chi connectivity index (χ1n) is 8.61. The first-order chi connectivity index (χ1) is 13.4. The summed E-state index contributed by atoms with van der Waals surface area (Å²) in [5.74, 6) is -1.58. The Kier molecular flexibility index (Phi) is 5.39. The molecule has 0 spiro atoms. The summed E-state index contributed by atoms with van der Waals surface area (Å²) in [5, 5.41) is 21.0. The van der Waals surface area contributed by atoms with Gasteiger partial charge in [-0.1, -0.05) is 12.1 Å². The number of ether oxygens (including phenoxy) is 1. The van der Waals surface area contributed by atoms with Gasteiger partial charge in [-0.05, 0) is 38.1 Å². The molecule has 2 aromatic carbocycles. The molecule has 0 aliphatic rings.